The zero-order chi connectivity index (χ0) is 12.7. The van der Waals surface area contributed by atoms with Crippen molar-refractivity contribution in [2.45, 2.75) is 37.8 Å². The Bertz CT molecular complexity index is 266. The normalized spacial score (nSPS) is 21.1. The van der Waals surface area contributed by atoms with Crippen molar-refractivity contribution < 1.29 is 19.4 Å². The smallest absolute Gasteiger partial charge is 0.326 e. The summed E-state index contributed by atoms with van der Waals surface area (Å²) in [5, 5.41) is 11.5. The van der Waals surface area contributed by atoms with E-state index in [4.69, 9.17) is 9.84 Å². The van der Waals surface area contributed by atoms with Crippen LogP contribution in [-0.4, -0.2) is 47.7 Å². The molecule has 1 rings (SSSR count). The summed E-state index contributed by atoms with van der Waals surface area (Å²) in [5.41, 5.74) is 0. The molecule has 6 heteroatoms. The molecule has 0 aromatic rings. The predicted octanol–water partition coefficient (Wildman–Crippen LogP) is 0.878. The molecule has 0 bridgehead atoms. The number of carboxylic acids is 1. The van der Waals surface area contributed by atoms with Gasteiger partial charge in [-0.1, -0.05) is 0 Å². The van der Waals surface area contributed by atoms with Crippen molar-refractivity contribution in [2.24, 2.45) is 0 Å². The first-order valence-corrected chi connectivity index (χ1v) is 7.15. The molecule has 1 aliphatic rings. The summed E-state index contributed by atoms with van der Waals surface area (Å²) in [5.74, 6) is -0.484. The van der Waals surface area contributed by atoms with Gasteiger partial charge in [0.1, 0.15) is 6.04 Å². The number of nitrogens with one attached hydrogen (secondary N) is 1. The van der Waals surface area contributed by atoms with Gasteiger partial charge >= 0.3 is 5.97 Å². The summed E-state index contributed by atoms with van der Waals surface area (Å²) >= 11 is 1.57. The molecule has 5 nitrogen and oxygen atoms in total. The lowest BCUT2D eigenvalue weighted by Crippen LogP contribution is -2.42. The molecule has 0 aromatic heterocycles. The zero-order valence-corrected chi connectivity index (χ0v) is 10.8. The summed E-state index contributed by atoms with van der Waals surface area (Å²) in [6, 6.07) is -0.781. The SMILES string of the molecule is CSCC[C@@H](NC(=O)CC1CCCO1)C(=O)O. The lowest BCUT2D eigenvalue weighted by molar-refractivity contribution is -0.142. The van der Waals surface area contributed by atoms with E-state index in [1.807, 2.05) is 6.26 Å². The third kappa shape index (κ3) is 5.41. The second-order valence-electron chi connectivity index (χ2n) is 4.08. The Kier molecular flexibility index (Phi) is 6.36. The van der Waals surface area contributed by atoms with E-state index in [0.717, 1.165) is 18.6 Å². The van der Waals surface area contributed by atoms with E-state index in [9.17, 15) is 9.59 Å². The first kappa shape index (κ1) is 14.3. The molecule has 0 aliphatic carbocycles. The third-order valence-electron chi connectivity index (χ3n) is 2.68. The largest absolute Gasteiger partial charge is 0.480 e. The van der Waals surface area contributed by atoms with E-state index in [1.165, 1.54) is 0 Å². The van der Waals surface area contributed by atoms with Crippen LogP contribution in [0.2, 0.25) is 0 Å². The van der Waals surface area contributed by atoms with Gasteiger partial charge in [0.15, 0.2) is 0 Å². The first-order chi connectivity index (χ1) is 8.13. The van der Waals surface area contributed by atoms with Crippen molar-refractivity contribution in [2.75, 3.05) is 18.6 Å². The number of amides is 1. The summed E-state index contributed by atoms with van der Waals surface area (Å²) in [4.78, 5) is 22.5. The minimum atomic E-state index is -0.972. The fourth-order valence-electron chi connectivity index (χ4n) is 1.76. The Morgan fingerprint density at radius 1 is 1.59 bits per heavy atom. The molecule has 98 valence electrons. The predicted molar refractivity (Wildman–Crippen MR) is 66.2 cm³/mol. The maximum absolute atomic E-state index is 11.6. The van der Waals surface area contributed by atoms with E-state index in [2.05, 4.69) is 5.32 Å². The highest BCUT2D eigenvalue weighted by molar-refractivity contribution is 7.98. The molecule has 1 amide bonds. The quantitative estimate of drug-likeness (QED) is 0.711. The van der Waals surface area contributed by atoms with Crippen molar-refractivity contribution >= 4 is 23.6 Å². The van der Waals surface area contributed by atoms with Gasteiger partial charge in [0.2, 0.25) is 5.91 Å². The molecule has 0 aromatic carbocycles. The van der Waals surface area contributed by atoms with Gasteiger partial charge in [-0.05, 0) is 31.3 Å². The molecular weight excluding hydrogens is 242 g/mol. The molecule has 0 saturated carbocycles. The lowest BCUT2D eigenvalue weighted by Gasteiger charge is -2.15. The number of carbonyl (C=O) groups excluding carboxylic acids is 1. The van der Waals surface area contributed by atoms with Crippen LogP contribution in [0.4, 0.5) is 0 Å². The standard InChI is InChI=1S/C11H19NO4S/c1-17-6-4-9(11(14)15)12-10(13)7-8-3-2-5-16-8/h8-9H,2-7H2,1H3,(H,12,13)(H,14,15)/t8?,9-/m1/s1. The number of hydrogen-bond acceptors (Lipinski definition) is 4. The molecule has 2 atom stereocenters. The van der Waals surface area contributed by atoms with Crippen LogP contribution in [0.25, 0.3) is 0 Å². The highest BCUT2D eigenvalue weighted by Crippen LogP contribution is 2.15. The first-order valence-electron chi connectivity index (χ1n) is 5.76. The Morgan fingerprint density at radius 2 is 2.35 bits per heavy atom. The Labute approximate surface area is 105 Å². The number of ether oxygens (including phenoxy) is 1. The van der Waals surface area contributed by atoms with Crippen molar-refractivity contribution in [3.63, 3.8) is 0 Å². The number of aliphatic carboxylic acids is 1. The Balaban J connectivity index is 2.32. The number of rotatable bonds is 7. The van der Waals surface area contributed by atoms with Crippen LogP contribution >= 0.6 is 11.8 Å². The molecule has 1 aliphatic heterocycles. The van der Waals surface area contributed by atoms with E-state index in [1.54, 1.807) is 11.8 Å². The molecular formula is C11H19NO4S. The van der Waals surface area contributed by atoms with Crippen LogP contribution in [0.1, 0.15) is 25.7 Å². The van der Waals surface area contributed by atoms with E-state index in [-0.39, 0.29) is 18.4 Å². The topological polar surface area (TPSA) is 75.6 Å². The molecule has 1 unspecified atom stereocenters. The molecule has 0 radical (unpaired) electrons. The monoisotopic (exact) mass is 261 g/mol. The highest BCUT2D eigenvalue weighted by Gasteiger charge is 2.23. The average Bonchev–Trinajstić information content (AvgIpc) is 2.76. The summed E-state index contributed by atoms with van der Waals surface area (Å²) in [6.45, 7) is 0.701. The van der Waals surface area contributed by atoms with Gasteiger partial charge in [-0.25, -0.2) is 4.79 Å². The van der Waals surface area contributed by atoms with E-state index in [0.29, 0.717) is 13.0 Å². The molecule has 1 saturated heterocycles. The maximum Gasteiger partial charge on any atom is 0.326 e. The van der Waals surface area contributed by atoms with Crippen molar-refractivity contribution in [3.05, 3.63) is 0 Å². The van der Waals surface area contributed by atoms with Crippen molar-refractivity contribution in [3.8, 4) is 0 Å². The number of carbonyl (C=O) groups is 2. The van der Waals surface area contributed by atoms with Crippen molar-refractivity contribution in [1.82, 2.24) is 5.32 Å². The zero-order valence-electron chi connectivity index (χ0n) is 9.98. The van der Waals surface area contributed by atoms with Crippen LogP contribution in [0.5, 0.6) is 0 Å². The summed E-state index contributed by atoms with van der Waals surface area (Å²) in [6.07, 6.45) is 4.46. The Morgan fingerprint density at radius 3 is 2.88 bits per heavy atom. The third-order valence-corrected chi connectivity index (χ3v) is 3.32. The van der Waals surface area contributed by atoms with Gasteiger partial charge in [-0.15, -0.1) is 0 Å². The van der Waals surface area contributed by atoms with Gasteiger partial charge in [0, 0.05) is 6.61 Å². The average molecular weight is 261 g/mol. The van der Waals surface area contributed by atoms with E-state index < -0.39 is 12.0 Å². The fourth-order valence-corrected chi connectivity index (χ4v) is 2.23. The van der Waals surface area contributed by atoms with Gasteiger partial charge in [-0.3, -0.25) is 4.79 Å². The molecule has 1 heterocycles. The second kappa shape index (κ2) is 7.55. The molecule has 2 N–H and O–H groups in total. The lowest BCUT2D eigenvalue weighted by atomic mass is 10.1. The minimum Gasteiger partial charge on any atom is -0.480 e. The number of hydrogen-bond donors (Lipinski definition) is 2. The minimum absolute atomic E-state index is 0.0370. The van der Waals surface area contributed by atoms with Gasteiger partial charge in [0.05, 0.1) is 12.5 Å². The maximum atomic E-state index is 11.6. The number of carboxylic acid groups (broad SMARTS) is 1. The van der Waals surface area contributed by atoms with Crippen LogP contribution in [0.3, 0.4) is 0 Å². The van der Waals surface area contributed by atoms with Gasteiger partial charge in [-0.2, -0.15) is 11.8 Å². The van der Waals surface area contributed by atoms with Gasteiger partial charge in [0.25, 0.3) is 0 Å². The highest BCUT2D eigenvalue weighted by atomic mass is 32.2. The molecule has 17 heavy (non-hydrogen) atoms. The van der Waals surface area contributed by atoms with Gasteiger partial charge < -0.3 is 15.2 Å². The summed E-state index contributed by atoms with van der Waals surface area (Å²) in [7, 11) is 0. The van der Waals surface area contributed by atoms with Crippen LogP contribution in [0.15, 0.2) is 0 Å². The van der Waals surface area contributed by atoms with E-state index >= 15 is 0 Å². The van der Waals surface area contributed by atoms with Crippen LogP contribution in [0, 0.1) is 0 Å². The fraction of sp³-hybridized carbons (Fsp3) is 0.818. The van der Waals surface area contributed by atoms with Crippen LogP contribution < -0.4 is 5.32 Å². The Hall–Kier alpha value is -0.750. The summed E-state index contributed by atoms with van der Waals surface area (Å²) < 4.78 is 5.33. The molecule has 1 fully saturated rings. The van der Waals surface area contributed by atoms with Crippen molar-refractivity contribution in [1.29, 1.82) is 0 Å². The second-order valence-corrected chi connectivity index (χ2v) is 5.06. The molecule has 0 spiro atoms. The van der Waals surface area contributed by atoms with Crippen LogP contribution in [-0.2, 0) is 14.3 Å². The number of thioether (sulfide) groups is 1.